The Balaban J connectivity index is 1.17. The molecule has 0 amide bonds. The van der Waals surface area contributed by atoms with Crippen molar-refractivity contribution in [3.05, 3.63) is 156 Å². The summed E-state index contributed by atoms with van der Waals surface area (Å²) in [5.74, 6) is 1.15. The first-order chi connectivity index (χ1) is 24.4. The average Bonchev–Trinajstić information content (AvgIpc) is 3.60. The molecule has 1 fully saturated rings. The Morgan fingerprint density at radius 2 is 1.42 bits per heavy atom. The number of sulfonamides is 1. The van der Waals surface area contributed by atoms with Gasteiger partial charge in [0.2, 0.25) is 0 Å². The van der Waals surface area contributed by atoms with Crippen LogP contribution < -0.4 is 4.72 Å². The Bertz CT molecular complexity index is 2070. The molecule has 10 heteroatoms. The topological polar surface area (TPSA) is 111 Å². The maximum atomic E-state index is 13.1. The van der Waals surface area contributed by atoms with Crippen LogP contribution in [0.25, 0.3) is 22.6 Å². The van der Waals surface area contributed by atoms with Gasteiger partial charge in [0.25, 0.3) is 15.2 Å². The fraction of sp³-hybridized carbons (Fsp3) is 0.175. The number of hydrogen-bond acceptors (Lipinski definition) is 8. The molecule has 1 aliphatic heterocycles. The molecular formula is C40H36N2O6S2. The molecule has 0 radical (unpaired) electrons. The zero-order valence-corrected chi connectivity index (χ0v) is 28.9. The molecule has 254 valence electrons. The van der Waals surface area contributed by atoms with Crippen molar-refractivity contribution in [3.63, 3.8) is 0 Å². The Hall–Kier alpha value is -4.71. The van der Waals surface area contributed by atoms with Crippen LogP contribution in [0.3, 0.4) is 0 Å². The van der Waals surface area contributed by atoms with E-state index in [0.717, 1.165) is 27.9 Å². The van der Waals surface area contributed by atoms with Crippen LogP contribution in [0.15, 0.2) is 154 Å². The van der Waals surface area contributed by atoms with Crippen LogP contribution in [-0.4, -0.2) is 30.4 Å². The van der Waals surface area contributed by atoms with Gasteiger partial charge in [-0.3, -0.25) is 4.72 Å². The lowest BCUT2D eigenvalue weighted by Crippen LogP contribution is -2.38. The first kappa shape index (κ1) is 33.8. The number of nitrogens with zero attached hydrogens (tertiary/aromatic N) is 1. The second-order valence-corrected chi connectivity index (χ2v) is 14.7. The highest BCUT2D eigenvalue weighted by Gasteiger charge is 2.39. The first-order valence-electron chi connectivity index (χ1n) is 16.3. The van der Waals surface area contributed by atoms with Gasteiger partial charge in [-0.15, -0.1) is 0 Å². The molecular weight excluding hydrogens is 669 g/mol. The van der Waals surface area contributed by atoms with Gasteiger partial charge in [0.05, 0.1) is 23.7 Å². The van der Waals surface area contributed by atoms with Crippen LogP contribution >= 0.6 is 11.8 Å². The smallest absolute Gasteiger partial charge is 0.261 e. The van der Waals surface area contributed by atoms with Crippen molar-refractivity contribution in [2.75, 3.05) is 10.5 Å². The first-order valence-corrected chi connectivity index (χ1v) is 18.8. The monoisotopic (exact) mass is 704 g/mol. The normalized spacial score (nSPS) is 19.2. The molecule has 2 heterocycles. The summed E-state index contributed by atoms with van der Waals surface area (Å²) in [5.41, 5.74) is 5.51. The molecule has 1 saturated heterocycles. The van der Waals surface area contributed by atoms with E-state index in [1.54, 1.807) is 48.5 Å². The maximum Gasteiger partial charge on any atom is 0.261 e. The highest BCUT2D eigenvalue weighted by Crippen LogP contribution is 2.44. The van der Waals surface area contributed by atoms with Gasteiger partial charge in [-0.1, -0.05) is 134 Å². The van der Waals surface area contributed by atoms with Crippen molar-refractivity contribution in [2.24, 2.45) is 5.92 Å². The quantitative estimate of drug-likeness (QED) is 0.129. The standard InChI is InChI=1S/C40H36N2O6S2/c1-27-35(26-49-40-41-36(29-12-5-2-6-13-29)38(48-40)30-14-7-3-8-15-30)46-39(47-37(27)31-22-20-28(25-43)21-23-31)32-16-11-17-33(24-32)42-50(44,45)34-18-9-4-10-19-34/h2-24,27,35,37,39,42-43H,25-26H2,1H3/t27-,35+,37+,39?/m0/s1. The van der Waals surface area contributed by atoms with Crippen LogP contribution in [0, 0.1) is 5.92 Å². The van der Waals surface area contributed by atoms with E-state index < -0.39 is 16.3 Å². The summed E-state index contributed by atoms with van der Waals surface area (Å²) >= 11 is 1.48. The zero-order chi connectivity index (χ0) is 34.5. The molecule has 0 bridgehead atoms. The van der Waals surface area contributed by atoms with Gasteiger partial charge in [0, 0.05) is 34.0 Å². The number of aromatic nitrogens is 1. The van der Waals surface area contributed by atoms with Crippen molar-refractivity contribution >= 4 is 27.5 Å². The molecule has 8 nitrogen and oxygen atoms in total. The third kappa shape index (κ3) is 7.55. The van der Waals surface area contributed by atoms with E-state index in [-0.39, 0.29) is 29.6 Å². The molecule has 0 aliphatic carbocycles. The van der Waals surface area contributed by atoms with E-state index in [9.17, 15) is 13.5 Å². The molecule has 0 saturated carbocycles. The summed E-state index contributed by atoms with van der Waals surface area (Å²) in [4.78, 5) is 5.10. The number of ether oxygens (including phenoxy) is 2. The summed E-state index contributed by atoms with van der Waals surface area (Å²) in [6, 6.07) is 43.0. The molecule has 1 aromatic heterocycles. The van der Waals surface area contributed by atoms with Crippen LogP contribution in [-0.2, 0) is 26.1 Å². The zero-order valence-electron chi connectivity index (χ0n) is 27.3. The highest BCUT2D eigenvalue weighted by molar-refractivity contribution is 7.99. The lowest BCUT2D eigenvalue weighted by molar-refractivity contribution is -0.268. The van der Waals surface area contributed by atoms with Gasteiger partial charge in [-0.2, -0.15) is 0 Å². The molecule has 5 aromatic carbocycles. The van der Waals surface area contributed by atoms with Gasteiger partial charge >= 0.3 is 0 Å². The number of thioether (sulfide) groups is 1. The molecule has 1 aliphatic rings. The molecule has 50 heavy (non-hydrogen) atoms. The van der Waals surface area contributed by atoms with Crippen LogP contribution in [0.2, 0.25) is 0 Å². The second-order valence-electron chi connectivity index (χ2n) is 12.1. The number of anilines is 1. The average molecular weight is 705 g/mol. The summed E-state index contributed by atoms with van der Waals surface area (Å²) in [6.45, 7) is 2.04. The number of hydrogen-bond donors (Lipinski definition) is 2. The van der Waals surface area contributed by atoms with Crippen molar-refractivity contribution in [3.8, 4) is 22.6 Å². The van der Waals surface area contributed by atoms with Crippen molar-refractivity contribution in [1.29, 1.82) is 0 Å². The number of benzene rings is 5. The van der Waals surface area contributed by atoms with E-state index >= 15 is 0 Å². The summed E-state index contributed by atoms with van der Waals surface area (Å²) < 4.78 is 48.5. The lowest BCUT2D eigenvalue weighted by atomic mass is 9.91. The highest BCUT2D eigenvalue weighted by atomic mass is 32.2. The van der Waals surface area contributed by atoms with Crippen LogP contribution in [0.4, 0.5) is 5.69 Å². The SMILES string of the molecule is C[C@H]1[C@@H](CSc2nc(-c3ccccc3)c(-c3ccccc3)o2)OC(c2cccc(NS(=O)(=O)c3ccccc3)c2)O[C@H]1c1ccc(CO)cc1. The molecule has 1 unspecified atom stereocenters. The number of nitrogens with one attached hydrogen (secondary N) is 1. The lowest BCUT2D eigenvalue weighted by Gasteiger charge is -2.41. The fourth-order valence-electron chi connectivity index (χ4n) is 5.96. The summed E-state index contributed by atoms with van der Waals surface area (Å²) in [7, 11) is -3.79. The van der Waals surface area contributed by atoms with Gasteiger partial charge in [-0.25, -0.2) is 13.4 Å². The van der Waals surface area contributed by atoms with Gasteiger partial charge in [0.1, 0.15) is 5.69 Å². The molecule has 0 spiro atoms. The Morgan fingerprint density at radius 1 is 0.760 bits per heavy atom. The predicted octanol–water partition coefficient (Wildman–Crippen LogP) is 8.89. The van der Waals surface area contributed by atoms with Gasteiger partial charge in [-0.05, 0) is 35.4 Å². The van der Waals surface area contributed by atoms with E-state index in [4.69, 9.17) is 18.9 Å². The van der Waals surface area contributed by atoms with Crippen LogP contribution in [0.1, 0.15) is 36.0 Å². The van der Waals surface area contributed by atoms with Crippen LogP contribution in [0.5, 0.6) is 0 Å². The summed E-state index contributed by atoms with van der Waals surface area (Å²) in [5, 5.41) is 10.2. The third-order valence-electron chi connectivity index (χ3n) is 8.65. The second kappa shape index (κ2) is 15.0. The van der Waals surface area contributed by atoms with E-state index in [1.165, 1.54) is 11.8 Å². The number of oxazole rings is 1. The molecule has 4 atom stereocenters. The minimum absolute atomic E-state index is 0.0515. The molecule has 2 N–H and O–H groups in total. The largest absolute Gasteiger partial charge is 0.431 e. The van der Waals surface area contributed by atoms with Gasteiger partial charge < -0.3 is 19.0 Å². The van der Waals surface area contributed by atoms with E-state index in [2.05, 4.69) is 11.6 Å². The third-order valence-corrected chi connectivity index (χ3v) is 11.0. The van der Waals surface area contributed by atoms with Gasteiger partial charge in [0.15, 0.2) is 12.1 Å². The minimum Gasteiger partial charge on any atom is -0.431 e. The Morgan fingerprint density at radius 3 is 2.10 bits per heavy atom. The number of rotatable bonds is 11. The molecule has 6 aromatic rings. The van der Waals surface area contributed by atoms with Crippen molar-refractivity contribution in [2.45, 2.75) is 42.1 Å². The Kier molecular flexibility index (Phi) is 10.2. The van der Waals surface area contributed by atoms with E-state index in [1.807, 2.05) is 91.0 Å². The number of aliphatic hydroxyl groups excluding tert-OH is 1. The molecule has 7 rings (SSSR count). The predicted molar refractivity (Wildman–Crippen MR) is 195 cm³/mol. The summed E-state index contributed by atoms with van der Waals surface area (Å²) in [6.07, 6.45) is -1.43. The minimum atomic E-state index is -3.79. The van der Waals surface area contributed by atoms with E-state index in [0.29, 0.717) is 28.0 Å². The Labute approximate surface area is 296 Å². The fourth-order valence-corrected chi connectivity index (χ4v) is 8.02. The van der Waals surface area contributed by atoms with Crippen molar-refractivity contribution in [1.82, 2.24) is 4.98 Å². The maximum absolute atomic E-state index is 13.1. The van der Waals surface area contributed by atoms with Crippen molar-refractivity contribution < 1.29 is 27.4 Å². The number of aliphatic hydroxyl groups is 1.